The lowest BCUT2D eigenvalue weighted by Crippen LogP contribution is -2.21. The van der Waals surface area contributed by atoms with Gasteiger partial charge in [-0.2, -0.15) is 0 Å². The summed E-state index contributed by atoms with van der Waals surface area (Å²) in [6.07, 6.45) is 3.23. The van der Waals surface area contributed by atoms with E-state index < -0.39 is 5.82 Å². The van der Waals surface area contributed by atoms with Crippen LogP contribution in [-0.2, 0) is 0 Å². The van der Waals surface area contributed by atoms with Gasteiger partial charge in [-0.1, -0.05) is 0 Å². The van der Waals surface area contributed by atoms with Gasteiger partial charge in [0.15, 0.2) is 5.82 Å². The van der Waals surface area contributed by atoms with Crippen LogP contribution in [0.4, 0.5) is 4.39 Å². The quantitative estimate of drug-likeness (QED) is 0.759. The monoisotopic (exact) mass is 197 g/mol. The minimum Gasteiger partial charge on any atom is -0.459 e. The number of rotatable bonds is 2. The van der Waals surface area contributed by atoms with Gasteiger partial charge >= 0.3 is 6.01 Å². The maximum Gasteiger partial charge on any atom is 0.316 e. The van der Waals surface area contributed by atoms with E-state index in [0.29, 0.717) is 6.04 Å². The summed E-state index contributed by atoms with van der Waals surface area (Å²) < 4.78 is 17.9. The SMILES string of the molecule is C[C@H]1C[C@@H](Oc2ncc(F)cn2)CN1. The number of nitrogens with zero attached hydrogens (tertiary/aromatic N) is 2. The van der Waals surface area contributed by atoms with Crippen molar-refractivity contribution < 1.29 is 9.13 Å². The van der Waals surface area contributed by atoms with Crippen molar-refractivity contribution in [2.24, 2.45) is 0 Å². The molecule has 1 saturated heterocycles. The third kappa shape index (κ3) is 2.17. The molecule has 1 aromatic heterocycles. The summed E-state index contributed by atoms with van der Waals surface area (Å²) in [6, 6.07) is 0.702. The van der Waals surface area contributed by atoms with Crippen molar-refractivity contribution in [2.45, 2.75) is 25.5 Å². The Hall–Kier alpha value is -1.23. The predicted octanol–water partition coefficient (Wildman–Crippen LogP) is 0.745. The van der Waals surface area contributed by atoms with Gasteiger partial charge in [0, 0.05) is 19.0 Å². The van der Waals surface area contributed by atoms with Crippen LogP contribution in [0.3, 0.4) is 0 Å². The number of aromatic nitrogens is 2. The number of halogens is 1. The number of hydrogen-bond donors (Lipinski definition) is 1. The van der Waals surface area contributed by atoms with Gasteiger partial charge in [0.1, 0.15) is 6.10 Å². The standard InChI is InChI=1S/C9H12FN3O/c1-6-2-8(5-11-6)14-9-12-3-7(10)4-13-9/h3-4,6,8,11H,2,5H2,1H3/t6-,8+/m0/s1. The highest BCUT2D eigenvalue weighted by atomic mass is 19.1. The molecule has 2 rings (SSSR count). The van der Waals surface area contributed by atoms with E-state index in [-0.39, 0.29) is 12.1 Å². The molecule has 5 heteroatoms. The second-order valence-corrected chi connectivity index (χ2v) is 3.47. The summed E-state index contributed by atoms with van der Waals surface area (Å²) in [7, 11) is 0. The lowest BCUT2D eigenvalue weighted by atomic mass is 10.2. The van der Waals surface area contributed by atoms with Crippen molar-refractivity contribution in [1.82, 2.24) is 15.3 Å². The lowest BCUT2D eigenvalue weighted by molar-refractivity contribution is 0.201. The largest absolute Gasteiger partial charge is 0.459 e. The minimum atomic E-state index is -0.449. The molecule has 1 aliphatic heterocycles. The Labute approximate surface area is 81.5 Å². The first-order valence-electron chi connectivity index (χ1n) is 4.61. The highest BCUT2D eigenvalue weighted by Crippen LogP contribution is 2.12. The van der Waals surface area contributed by atoms with Crippen molar-refractivity contribution in [3.05, 3.63) is 18.2 Å². The molecule has 1 N–H and O–H groups in total. The molecule has 2 atom stereocenters. The maximum absolute atomic E-state index is 12.5. The van der Waals surface area contributed by atoms with Gasteiger partial charge in [-0.05, 0) is 6.92 Å². The Balaban J connectivity index is 1.94. The van der Waals surface area contributed by atoms with Crippen LogP contribution in [0.25, 0.3) is 0 Å². The second kappa shape index (κ2) is 3.88. The Morgan fingerprint density at radius 3 is 2.79 bits per heavy atom. The highest BCUT2D eigenvalue weighted by molar-refractivity contribution is 4.97. The Kier molecular flexibility index (Phi) is 2.58. The fraction of sp³-hybridized carbons (Fsp3) is 0.556. The highest BCUT2D eigenvalue weighted by Gasteiger charge is 2.22. The second-order valence-electron chi connectivity index (χ2n) is 3.47. The van der Waals surface area contributed by atoms with E-state index in [1.165, 1.54) is 0 Å². The zero-order chi connectivity index (χ0) is 9.97. The van der Waals surface area contributed by atoms with Crippen LogP contribution in [0.15, 0.2) is 12.4 Å². The molecule has 76 valence electrons. The van der Waals surface area contributed by atoms with Crippen LogP contribution in [0.5, 0.6) is 6.01 Å². The predicted molar refractivity (Wildman–Crippen MR) is 48.5 cm³/mol. The Bertz CT molecular complexity index is 303. The van der Waals surface area contributed by atoms with Gasteiger partial charge in [-0.25, -0.2) is 14.4 Å². The van der Waals surface area contributed by atoms with Crippen molar-refractivity contribution in [3.8, 4) is 6.01 Å². The lowest BCUT2D eigenvalue weighted by Gasteiger charge is -2.09. The van der Waals surface area contributed by atoms with Crippen LogP contribution in [0, 0.1) is 5.82 Å². The van der Waals surface area contributed by atoms with Crippen LogP contribution in [0.1, 0.15) is 13.3 Å². The average molecular weight is 197 g/mol. The van der Waals surface area contributed by atoms with E-state index >= 15 is 0 Å². The molecule has 0 radical (unpaired) electrons. The van der Waals surface area contributed by atoms with Crippen molar-refractivity contribution in [2.75, 3.05) is 6.54 Å². The summed E-state index contributed by atoms with van der Waals surface area (Å²) in [5, 5.41) is 3.25. The molecule has 1 fully saturated rings. The molecule has 0 aromatic carbocycles. The molecular formula is C9H12FN3O. The van der Waals surface area contributed by atoms with Crippen molar-refractivity contribution >= 4 is 0 Å². The summed E-state index contributed by atoms with van der Waals surface area (Å²) >= 11 is 0. The van der Waals surface area contributed by atoms with E-state index in [1.807, 2.05) is 0 Å². The number of ether oxygens (including phenoxy) is 1. The first-order chi connectivity index (χ1) is 6.74. The smallest absolute Gasteiger partial charge is 0.316 e. The van der Waals surface area contributed by atoms with E-state index in [1.54, 1.807) is 0 Å². The molecule has 1 aliphatic rings. The van der Waals surface area contributed by atoms with E-state index in [4.69, 9.17) is 4.74 Å². The Morgan fingerprint density at radius 1 is 1.50 bits per heavy atom. The molecule has 4 nitrogen and oxygen atoms in total. The first kappa shape index (κ1) is 9.33. The molecule has 0 aliphatic carbocycles. The van der Waals surface area contributed by atoms with Crippen LogP contribution in [-0.4, -0.2) is 28.7 Å². The molecule has 0 spiro atoms. The summed E-state index contributed by atoms with van der Waals surface area (Å²) in [5.41, 5.74) is 0. The van der Waals surface area contributed by atoms with Crippen LogP contribution < -0.4 is 10.1 Å². The van der Waals surface area contributed by atoms with Crippen molar-refractivity contribution in [1.29, 1.82) is 0 Å². The summed E-state index contributed by atoms with van der Waals surface area (Å²) in [4.78, 5) is 7.46. The zero-order valence-electron chi connectivity index (χ0n) is 7.90. The van der Waals surface area contributed by atoms with E-state index in [0.717, 1.165) is 25.4 Å². The number of hydrogen-bond acceptors (Lipinski definition) is 4. The van der Waals surface area contributed by atoms with Gasteiger partial charge in [-0.15, -0.1) is 0 Å². The fourth-order valence-electron chi connectivity index (χ4n) is 1.49. The molecule has 0 unspecified atom stereocenters. The third-order valence-electron chi connectivity index (χ3n) is 2.18. The van der Waals surface area contributed by atoms with E-state index in [2.05, 4.69) is 22.2 Å². The first-order valence-corrected chi connectivity index (χ1v) is 4.61. The van der Waals surface area contributed by atoms with Gasteiger partial charge in [0.2, 0.25) is 0 Å². The summed E-state index contributed by atoms with van der Waals surface area (Å²) in [5.74, 6) is -0.449. The van der Waals surface area contributed by atoms with Gasteiger partial charge < -0.3 is 10.1 Å². The topological polar surface area (TPSA) is 47.0 Å². The fourth-order valence-corrected chi connectivity index (χ4v) is 1.49. The van der Waals surface area contributed by atoms with E-state index in [9.17, 15) is 4.39 Å². The molecule has 2 heterocycles. The third-order valence-corrected chi connectivity index (χ3v) is 2.18. The maximum atomic E-state index is 12.5. The van der Waals surface area contributed by atoms with Gasteiger partial charge in [0.25, 0.3) is 0 Å². The number of nitrogens with one attached hydrogen (secondary N) is 1. The van der Waals surface area contributed by atoms with Crippen LogP contribution >= 0.6 is 0 Å². The summed E-state index contributed by atoms with van der Waals surface area (Å²) in [6.45, 7) is 2.89. The van der Waals surface area contributed by atoms with Gasteiger partial charge in [0.05, 0.1) is 12.4 Å². The molecular weight excluding hydrogens is 185 g/mol. The van der Waals surface area contributed by atoms with Gasteiger partial charge in [-0.3, -0.25) is 0 Å². The normalized spacial score (nSPS) is 26.4. The molecule has 0 amide bonds. The Morgan fingerprint density at radius 2 is 2.21 bits per heavy atom. The zero-order valence-corrected chi connectivity index (χ0v) is 7.90. The van der Waals surface area contributed by atoms with Crippen molar-refractivity contribution in [3.63, 3.8) is 0 Å². The average Bonchev–Trinajstić information content (AvgIpc) is 2.56. The minimum absolute atomic E-state index is 0.0930. The molecule has 0 bridgehead atoms. The molecule has 1 aromatic rings. The van der Waals surface area contributed by atoms with Crippen LogP contribution in [0.2, 0.25) is 0 Å². The molecule has 14 heavy (non-hydrogen) atoms. The molecule has 0 saturated carbocycles.